The zero-order valence-electron chi connectivity index (χ0n) is 11.7. The molecule has 21 heavy (non-hydrogen) atoms. The average Bonchev–Trinajstić information content (AvgIpc) is 2.90. The number of pyridine rings is 1. The first-order valence-corrected chi connectivity index (χ1v) is 7.42. The van der Waals surface area contributed by atoms with Gasteiger partial charge >= 0.3 is 0 Å². The van der Waals surface area contributed by atoms with Crippen LogP contribution in [0.3, 0.4) is 0 Å². The van der Waals surface area contributed by atoms with Crippen molar-refractivity contribution in [3.05, 3.63) is 52.3 Å². The van der Waals surface area contributed by atoms with E-state index in [1.807, 2.05) is 54.9 Å². The number of halogens is 2. The van der Waals surface area contributed by atoms with Gasteiger partial charge in [-0.25, -0.2) is 4.98 Å². The third-order valence-corrected chi connectivity index (χ3v) is 4.16. The maximum absolute atomic E-state index is 6.31. The lowest BCUT2D eigenvalue weighted by Crippen LogP contribution is -1.90. The van der Waals surface area contributed by atoms with Gasteiger partial charge in [-0.15, -0.1) is 0 Å². The van der Waals surface area contributed by atoms with Crippen LogP contribution in [0.1, 0.15) is 12.5 Å². The van der Waals surface area contributed by atoms with Crippen LogP contribution in [0.15, 0.2) is 36.7 Å². The average molecular weight is 321 g/mol. The molecular weight excluding hydrogens is 307 g/mol. The van der Waals surface area contributed by atoms with Crippen molar-refractivity contribution in [3.8, 4) is 17.0 Å². The number of ether oxygens (including phenoxy) is 1. The maximum Gasteiger partial charge on any atom is 0.156 e. The molecule has 0 spiro atoms. The number of nitrogens with zero attached hydrogens (tertiary/aromatic N) is 2. The van der Waals surface area contributed by atoms with Gasteiger partial charge in [0.25, 0.3) is 0 Å². The summed E-state index contributed by atoms with van der Waals surface area (Å²) in [5.74, 6) is 0.849. The lowest BCUT2D eigenvalue weighted by molar-refractivity contribution is 0.340. The van der Waals surface area contributed by atoms with Gasteiger partial charge in [0.15, 0.2) is 5.65 Å². The Morgan fingerprint density at radius 2 is 1.86 bits per heavy atom. The van der Waals surface area contributed by atoms with E-state index in [0.717, 1.165) is 22.6 Å². The zero-order valence-corrected chi connectivity index (χ0v) is 13.2. The van der Waals surface area contributed by atoms with Crippen LogP contribution in [-0.2, 0) is 0 Å². The van der Waals surface area contributed by atoms with E-state index in [9.17, 15) is 0 Å². The third kappa shape index (κ3) is 2.59. The molecule has 0 aliphatic heterocycles. The van der Waals surface area contributed by atoms with Crippen molar-refractivity contribution in [3.63, 3.8) is 0 Å². The number of hydrogen-bond donors (Lipinski definition) is 0. The van der Waals surface area contributed by atoms with Crippen molar-refractivity contribution in [2.24, 2.45) is 0 Å². The van der Waals surface area contributed by atoms with Gasteiger partial charge in [-0.2, -0.15) is 0 Å². The highest BCUT2D eigenvalue weighted by molar-refractivity contribution is 6.37. The van der Waals surface area contributed by atoms with Gasteiger partial charge in [0.1, 0.15) is 5.75 Å². The predicted octanol–water partition coefficient (Wildman–Crippen LogP) is 5.02. The summed E-state index contributed by atoms with van der Waals surface area (Å²) in [5.41, 5.74) is 3.41. The van der Waals surface area contributed by atoms with E-state index in [-0.39, 0.29) is 0 Å². The van der Waals surface area contributed by atoms with Crippen molar-refractivity contribution in [1.29, 1.82) is 0 Å². The topological polar surface area (TPSA) is 26.5 Å². The van der Waals surface area contributed by atoms with E-state index >= 15 is 0 Å². The Morgan fingerprint density at radius 1 is 1.14 bits per heavy atom. The lowest BCUT2D eigenvalue weighted by Gasteiger charge is -2.02. The van der Waals surface area contributed by atoms with Gasteiger partial charge in [0, 0.05) is 18.0 Å². The summed E-state index contributed by atoms with van der Waals surface area (Å²) in [6, 6.07) is 7.83. The molecule has 5 heteroatoms. The molecule has 0 bridgehead atoms. The minimum atomic E-state index is 0.583. The largest absolute Gasteiger partial charge is 0.494 e. The quantitative estimate of drug-likeness (QED) is 0.677. The highest BCUT2D eigenvalue weighted by Crippen LogP contribution is 2.30. The first kappa shape index (κ1) is 14.2. The van der Waals surface area contributed by atoms with Crippen LogP contribution in [0, 0.1) is 6.92 Å². The highest BCUT2D eigenvalue weighted by Gasteiger charge is 2.11. The minimum absolute atomic E-state index is 0.583. The molecule has 0 unspecified atom stereocenters. The Morgan fingerprint density at radius 3 is 2.52 bits per heavy atom. The van der Waals surface area contributed by atoms with Crippen molar-refractivity contribution in [2.45, 2.75) is 13.8 Å². The maximum atomic E-state index is 6.31. The number of benzene rings is 1. The molecule has 2 aromatic heterocycles. The van der Waals surface area contributed by atoms with E-state index in [0.29, 0.717) is 22.3 Å². The van der Waals surface area contributed by atoms with Crippen LogP contribution in [-0.4, -0.2) is 16.0 Å². The van der Waals surface area contributed by atoms with Crippen LogP contribution < -0.4 is 4.74 Å². The van der Waals surface area contributed by atoms with Gasteiger partial charge in [-0.1, -0.05) is 23.2 Å². The molecule has 0 saturated heterocycles. The molecule has 0 aliphatic rings. The Labute approximate surface area is 133 Å². The zero-order chi connectivity index (χ0) is 15.0. The van der Waals surface area contributed by atoms with Crippen LogP contribution in [0.25, 0.3) is 16.9 Å². The van der Waals surface area contributed by atoms with Crippen LogP contribution >= 0.6 is 23.2 Å². The molecule has 3 aromatic rings. The van der Waals surface area contributed by atoms with Crippen molar-refractivity contribution in [2.75, 3.05) is 6.61 Å². The summed E-state index contributed by atoms with van der Waals surface area (Å²) in [4.78, 5) is 4.59. The van der Waals surface area contributed by atoms with Crippen LogP contribution in [0.4, 0.5) is 0 Å². The van der Waals surface area contributed by atoms with Crippen LogP contribution in [0.5, 0.6) is 5.75 Å². The second-order valence-electron chi connectivity index (χ2n) is 4.73. The third-order valence-electron chi connectivity index (χ3n) is 3.33. The molecule has 108 valence electrons. The van der Waals surface area contributed by atoms with E-state index in [1.165, 1.54) is 0 Å². The summed E-state index contributed by atoms with van der Waals surface area (Å²) >= 11 is 12.5. The number of rotatable bonds is 3. The van der Waals surface area contributed by atoms with Crippen molar-refractivity contribution in [1.82, 2.24) is 9.38 Å². The number of hydrogen-bond acceptors (Lipinski definition) is 2. The first-order valence-electron chi connectivity index (χ1n) is 6.66. The summed E-state index contributed by atoms with van der Waals surface area (Å²) < 4.78 is 7.29. The summed E-state index contributed by atoms with van der Waals surface area (Å²) in [6.45, 7) is 4.50. The first-order chi connectivity index (χ1) is 10.1. The Bertz CT molecular complexity index is 794. The molecule has 0 N–H and O–H groups in total. The normalized spacial score (nSPS) is 11.0. The Kier molecular flexibility index (Phi) is 3.79. The fourth-order valence-corrected chi connectivity index (χ4v) is 2.66. The molecular formula is C16H14Cl2N2O. The molecule has 3 nitrogen and oxygen atoms in total. The summed E-state index contributed by atoms with van der Waals surface area (Å²) in [6.07, 6.45) is 3.74. The van der Waals surface area contributed by atoms with Crippen LogP contribution in [0.2, 0.25) is 10.0 Å². The van der Waals surface area contributed by atoms with Gasteiger partial charge < -0.3 is 9.14 Å². The fraction of sp³-hybridized carbons (Fsp3) is 0.188. The molecule has 1 aromatic carbocycles. The summed E-state index contributed by atoms with van der Waals surface area (Å²) in [7, 11) is 0. The lowest BCUT2D eigenvalue weighted by atomic mass is 10.2. The molecule has 0 atom stereocenters. The summed E-state index contributed by atoms with van der Waals surface area (Å²) in [5, 5.41) is 1.21. The van der Waals surface area contributed by atoms with Crippen molar-refractivity contribution < 1.29 is 4.74 Å². The minimum Gasteiger partial charge on any atom is -0.494 e. The standard InChI is InChI=1S/C16H14Cl2N2O/c1-3-21-12-6-4-11(5-7-12)14-9-20-8-13(17)10(2)15(18)16(20)19-14/h4-9H,3H2,1-2H3. The Hall–Kier alpha value is -1.71. The van der Waals surface area contributed by atoms with Gasteiger partial charge in [0.05, 0.1) is 22.3 Å². The van der Waals surface area contributed by atoms with Gasteiger partial charge in [-0.05, 0) is 43.7 Å². The van der Waals surface area contributed by atoms with E-state index in [2.05, 4.69) is 4.98 Å². The highest BCUT2D eigenvalue weighted by atomic mass is 35.5. The molecule has 0 saturated carbocycles. The molecule has 0 amide bonds. The Balaban J connectivity index is 2.06. The molecule has 3 rings (SSSR count). The molecule has 2 heterocycles. The second kappa shape index (κ2) is 5.58. The van der Waals surface area contributed by atoms with Gasteiger partial charge in [0.2, 0.25) is 0 Å². The SMILES string of the molecule is CCOc1ccc(-c2cn3cc(Cl)c(C)c(Cl)c3n2)cc1. The van der Waals surface area contributed by atoms with E-state index in [4.69, 9.17) is 27.9 Å². The molecule has 0 fully saturated rings. The number of aromatic nitrogens is 2. The predicted molar refractivity (Wildman–Crippen MR) is 86.6 cm³/mol. The van der Waals surface area contributed by atoms with Gasteiger partial charge in [-0.3, -0.25) is 0 Å². The van der Waals surface area contributed by atoms with E-state index < -0.39 is 0 Å². The number of fused-ring (bicyclic) bond motifs is 1. The monoisotopic (exact) mass is 320 g/mol. The molecule has 0 radical (unpaired) electrons. The van der Waals surface area contributed by atoms with Crippen molar-refractivity contribution >= 4 is 28.8 Å². The second-order valence-corrected chi connectivity index (χ2v) is 5.52. The fourth-order valence-electron chi connectivity index (χ4n) is 2.17. The van der Waals surface area contributed by atoms with E-state index in [1.54, 1.807) is 0 Å². The molecule has 0 aliphatic carbocycles. The number of imidazole rings is 1. The smallest absolute Gasteiger partial charge is 0.156 e.